The Balaban J connectivity index is 1.81. The molecule has 2 fully saturated rings. The van der Waals surface area contributed by atoms with Gasteiger partial charge in [-0.2, -0.15) is 0 Å². The number of amides is 1. The first-order chi connectivity index (χ1) is 8.59. The van der Waals surface area contributed by atoms with Gasteiger partial charge in [0.25, 0.3) is 0 Å². The second kappa shape index (κ2) is 5.69. The van der Waals surface area contributed by atoms with Crippen molar-refractivity contribution in [2.45, 2.75) is 51.1 Å². The predicted octanol–water partition coefficient (Wildman–Crippen LogP) is 0.840. The molecule has 2 aliphatic rings. The van der Waals surface area contributed by atoms with E-state index in [2.05, 4.69) is 5.32 Å². The predicted molar refractivity (Wildman–Crippen MR) is 67.2 cm³/mol. The molecule has 1 amide bonds. The molecule has 5 heteroatoms. The third-order valence-electron chi connectivity index (χ3n) is 4.09. The second-order valence-electron chi connectivity index (χ2n) is 5.40. The summed E-state index contributed by atoms with van der Waals surface area (Å²) in [6.45, 7) is 3.53. The highest BCUT2D eigenvalue weighted by Gasteiger charge is 2.38. The van der Waals surface area contributed by atoms with Crippen LogP contribution in [0.3, 0.4) is 0 Å². The van der Waals surface area contributed by atoms with Gasteiger partial charge in [-0.15, -0.1) is 0 Å². The average molecular weight is 254 g/mol. The molecule has 2 N–H and O–H groups in total. The van der Waals surface area contributed by atoms with Crippen molar-refractivity contribution >= 4 is 11.9 Å². The molecule has 0 aromatic rings. The van der Waals surface area contributed by atoms with E-state index >= 15 is 0 Å². The Kier molecular flexibility index (Phi) is 4.22. The lowest BCUT2D eigenvalue weighted by Crippen LogP contribution is -2.55. The van der Waals surface area contributed by atoms with Crippen molar-refractivity contribution in [1.82, 2.24) is 10.2 Å². The number of hydrogen-bond acceptors (Lipinski definition) is 3. The Hall–Kier alpha value is -1.10. The minimum absolute atomic E-state index is 0.0359. The van der Waals surface area contributed by atoms with Gasteiger partial charge in [-0.25, -0.2) is 0 Å². The molecule has 18 heavy (non-hydrogen) atoms. The number of nitrogens with one attached hydrogen (secondary N) is 1. The first kappa shape index (κ1) is 13.3. The average Bonchev–Trinajstić information content (AvgIpc) is 2.33. The normalized spacial score (nSPS) is 29.5. The van der Waals surface area contributed by atoms with Crippen LogP contribution in [0.25, 0.3) is 0 Å². The van der Waals surface area contributed by atoms with Crippen LogP contribution in [-0.2, 0) is 9.59 Å². The largest absolute Gasteiger partial charge is 0.481 e. The Bertz CT molecular complexity index is 326. The molecule has 0 aromatic heterocycles. The van der Waals surface area contributed by atoms with Crippen molar-refractivity contribution in [3.63, 3.8) is 0 Å². The SMILES string of the molecule is CC(NC1CCC1C(=O)O)C(=O)N1CCCCC1. The second-order valence-corrected chi connectivity index (χ2v) is 5.40. The van der Waals surface area contributed by atoms with Crippen molar-refractivity contribution in [3.05, 3.63) is 0 Å². The molecule has 1 aliphatic carbocycles. The van der Waals surface area contributed by atoms with Crippen molar-refractivity contribution in [1.29, 1.82) is 0 Å². The van der Waals surface area contributed by atoms with Crippen LogP contribution >= 0.6 is 0 Å². The number of piperidine rings is 1. The number of carbonyl (C=O) groups excluding carboxylic acids is 1. The van der Waals surface area contributed by atoms with Crippen LogP contribution in [0.1, 0.15) is 39.0 Å². The Morgan fingerprint density at radius 3 is 2.39 bits per heavy atom. The standard InChI is InChI=1S/C13H22N2O3/c1-9(12(16)15-7-3-2-4-8-15)14-11-6-5-10(11)13(17)18/h9-11,14H,2-8H2,1H3,(H,17,18). The molecule has 1 aliphatic heterocycles. The third kappa shape index (κ3) is 2.83. The lowest BCUT2D eigenvalue weighted by molar-refractivity contribution is -0.147. The fourth-order valence-electron chi connectivity index (χ4n) is 2.78. The molecule has 1 heterocycles. The molecule has 0 radical (unpaired) electrons. The van der Waals surface area contributed by atoms with Gasteiger partial charge in [-0.1, -0.05) is 0 Å². The molecule has 102 valence electrons. The zero-order valence-electron chi connectivity index (χ0n) is 10.9. The molecular formula is C13H22N2O3. The lowest BCUT2D eigenvalue weighted by Gasteiger charge is -2.37. The number of aliphatic carboxylic acids is 1. The molecule has 3 unspecified atom stereocenters. The number of carbonyl (C=O) groups is 2. The van der Waals surface area contributed by atoms with E-state index in [4.69, 9.17) is 5.11 Å². The summed E-state index contributed by atoms with van der Waals surface area (Å²) in [6.07, 6.45) is 4.95. The molecule has 0 bridgehead atoms. The van der Waals surface area contributed by atoms with E-state index in [1.165, 1.54) is 6.42 Å². The molecule has 1 saturated heterocycles. The van der Waals surface area contributed by atoms with Crippen molar-refractivity contribution in [2.24, 2.45) is 5.92 Å². The zero-order chi connectivity index (χ0) is 13.1. The van der Waals surface area contributed by atoms with Gasteiger partial charge in [-0.05, 0) is 39.0 Å². The summed E-state index contributed by atoms with van der Waals surface area (Å²) in [5.74, 6) is -0.955. The highest BCUT2D eigenvalue weighted by Crippen LogP contribution is 2.28. The number of carboxylic acids is 1. The minimum Gasteiger partial charge on any atom is -0.481 e. The Morgan fingerprint density at radius 1 is 1.22 bits per heavy atom. The number of rotatable bonds is 4. The molecule has 1 saturated carbocycles. The highest BCUT2D eigenvalue weighted by atomic mass is 16.4. The molecule has 2 rings (SSSR count). The summed E-state index contributed by atoms with van der Waals surface area (Å²) in [6, 6.07) is -0.304. The maximum Gasteiger partial charge on any atom is 0.308 e. The van der Waals surface area contributed by atoms with Gasteiger partial charge >= 0.3 is 5.97 Å². The number of hydrogen-bond donors (Lipinski definition) is 2. The highest BCUT2D eigenvalue weighted by molar-refractivity contribution is 5.81. The van der Waals surface area contributed by atoms with Crippen LogP contribution in [0.15, 0.2) is 0 Å². The smallest absolute Gasteiger partial charge is 0.308 e. The van der Waals surface area contributed by atoms with Gasteiger partial charge in [0, 0.05) is 19.1 Å². The summed E-state index contributed by atoms with van der Waals surface area (Å²) in [5.41, 5.74) is 0. The topological polar surface area (TPSA) is 69.6 Å². The van der Waals surface area contributed by atoms with Gasteiger partial charge in [0.2, 0.25) is 5.91 Å². The van der Waals surface area contributed by atoms with Gasteiger partial charge in [0.05, 0.1) is 12.0 Å². The summed E-state index contributed by atoms with van der Waals surface area (Å²) in [7, 11) is 0. The number of nitrogens with zero attached hydrogens (tertiary/aromatic N) is 1. The quantitative estimate of drug-likeness (QED) is 0.780. The summed E-state index contributed by atoms with van der Waals surface area (Å²) < 4.78 is 0. The number of carboxylic acid groups (broad SMARTS) is 1. The van der Waals surface area contributed by atoms with Crippen molar-refractivity contribution in [2.75, 3.05) is 13.1 Å². The van der Waals surface area contributed by atoms with Gasteiger partial charge < -0.3 is 15.3 Å². The van der Waals surface area contributed by atoms with Crippen LogP contribution in [-0.4, -0.2) is 47.1 Å². The lowest BCUT2D eigenvalue weighted by atomic mass is 9.79. The molecule has 0 aromatic carbocycles. The first-order valence-electron chi connectivity index (χ1n) is 6.87. The van der Waals surface area contributed by atoms with Gasteiger partial charge in [0.15, 0.2) is 0 Å². The third-order valence-corrected chi connectivity index (χ3v) is 4.09. The molecule has 0 spiro atoms. The van der Waals surface area contributed by atoms with E-state index in [0.29, 0.717) is 0 Å². The summed E-state index contributed by atoms with van der Waals surface area (Å²) >= 11 is 0. The van der Waals surface area contributed by atoms with E-state index in [1.807, 2.05) is 11.8 Å². The zero-order valence-corrected chi connectivity index (χ0v) is 10.9. The molecule has 3 atom stereocenters. The summed E-state index contributed by atoms with van der Waals surface area (Å²) in [5, 5.41) is 12.1. The first-order valence-corrected chi connectivity index (χ1v) is 6.87. The number of likely N-dealkylation sites (tertiary alicyclic amines) is 1. The Labute approximate surface area is 108 Å². The van der Waals surface area contributed by atoms with Crippen LogP contribution < -0.4 is 5.32 Å². The maximum absolute atomic E-state index is 12.2. The van der Waals surface area contributed by atoms with E-state index in [-0.39, 0.29) is 23.9 Å². The van der Waals surface area contributed by atoms with Gasteiger partial charge in [-0.3, -0.25) is 9.59 Å². The van der Waals surface area contributed by atoms with E-state index in [0.717, 1.165) is 38.8 Å². The van der Waals surface area contributed by atoms with E-state index in [9.17, 15) is 9.59 Å². The molecular weight excluding hydrogens is 232 g/mol. The van der Waals surface area contributed by atoms with Crippen LogP contribution in [0.4, 0.5) is 0 Å². The minimum atomic E-state index is -0.753. The maximum atomic E-state index is 12.2. The van der Waals surface area contributed by atoms with E-state index < -0.39 is 5.97 Å². The Morgan fingerprint density at radius 2 is 1.89 bits per heavy atom. The van der Waals surface area contributed by atoms with Crippen LogP contribution in [0, 0.1) is 5.92 Å². The molecule has 5 nitrogen and oxygen atoms in total. The van der Waals surface area contributed by atoms with Gasteiger partial charge in [0.1, 0.15) is 0 Å². The van der Waals surface area contributed by atoms with E-state index in [1.54, 1.807) is 0 Å². The van der Waals surface area contributed by atoms with Crippen LogP contribution in [0.5, 0.6) is 0 Å². The van der Waals surface area contributed by atoms with Crippen LogP contribution in [0.2, 0.25) is 0 Å². The monoisotopic (exact) mass is 254 g/mol. The van der Waals surface area contributed by atoms with Crippen molar-refractivity contribution in [3.8, 4) is 0 Å². The fourth-order valence-corrected chi connectivity index (χ4v) is 2.78. The fraction of sp³-hybridized carbons (Fsp3) is 0.846. The van der Waals surface area contributed by atoms with Crippen molar-refractivity contribution < 1.29 is 14.7 Å². The summed E-state index contributed by atoms with van der Waals surface area (Å²) in [4.78, 5) is 25.0.